The Kier molecular flexibility index (Phi) is 3.31. The molecule has 0 spiro atoms. The normalized spacial score (nSPS) is 29.2. The van der Waals surface area contributed by atoms with E-state index in [0.717, 1.165) is 0 Å². The van der Waals surface area contributed by atoms with Crippen molar-refractivity contribution in [3.05, 3.63) is 24.8 Å². The van der Waals surface area contributed by atoms with Gasteiger partial charge in [-0.3, -0.25) is 4.57 Å². The maximum atomic E-state index is 10.1. The number of hydrogen-bond acceptors (Lipinski definition) is 7. The number of imidazole rings is 1. The molecule has 3 heterocycles. The number of allylic oxidation sites excluding steroid dienone is 1. The Morgan fingerprint density at radius 1 is 1.33 bits per heavy atom. The summed E-state index contributed by atoms with van der Waals surface area (Å²) in [6, 6.07) is 0. The summed E-state index contributed by atoms with van der Waals surface area (Å²) in [5.41, 5.74) is 6.53. The molecule has 1 unspecified atom stereocenters. The minimum Gasteiger partial charge on any atom is -0.387 e. The van der Waals surface area contributed by atoms with Crippen LogP contribution in [0.25, 0.3) is 11.2 Å². The van der Waals surface area contributed by atoms with Crippen molar-refractivity contribution in [2.75, 3.05) is 5.73 Å². The van der Waals surface area contributed by atoms with E-state index in [2.05, 4.69) is 20.9 Å². The summed E-state index contributed by atoms with van der Waals surface area (Å²) in [5, 5.41) is 20.1. The fraction of sp³-hybridized carbons (Fsp3) is 0.308. The lowest BCUT2D eigenvalue weighted by Gasteiger charge is -2.16. The van der Waals surface area contributed by atoms with Crippen molar-refractivity contribution in [1.82, 2.24) is 19.5 Å². The van der Waals surface area contributed by atoms with Crippen LogP contribution < -0.4 is 5.73 Å². The molecule has 1 aliphatic heterocycles. The van der Waals surface area contributed by atoms with E-state index in [0.29, 0.717) is 11.2 Å². The average Bonchev–Trinajstić information content (AvgIpc) is 3.02. The lowest BCUT2D eigenvalue weighted by molar-refractivity contribution is -0.0244. The molecular formula is C13H13N5O3. The van der Waals surface area contributed by atoms with Gasteiger partial charge in [-0.15, -0.1) is 6.42 Å². The largest absolute Gasteiger partial charge is 0.387 e. The summed E-state index contributed by atoms with van der Waals surface area (Å²) in [6.45, 7) is 0. The zero-order chi connectivity index (χ0) is 15.0. The minimum atomic E-state index is -1.15. The second kappa shape index (κ2) is 5.14. The molecule has 21 heavy (non-hydrogen) atoms. The Morgan fingerprint density at radius 2 is 2.14 bits per heavy atom. The number of nitrogens with two attached hydrogens (primary N) is 1. The molecule has 0 aromatic carbocycles. The van der Waals surface area contributed by atoms with Crippen LogP contribution in [0, 0.1) is 12.3 Å². The number of aromatic nitrogens is 4. The first-order valence-corrected chi connectivity index (χ1v) is 6.21. The molecule has 108 valence electrons. The Labute approximate surface area is 119 Å². The number of nitrogens with zero attached hydrogens (tertiary/aromatic N) is 4. The maximum Gasteiger partial charge on any atom is 0.167 e. The van der Waals surface area contributed by atoms with E-state index >= 15 is 0 Å². The van der Waals surface area contributed by atoms with Crippen LogP contribution in [0.4, 0.5) is 5.82 Å². The van der Waals surface area contributed by atoms with Gasteiger partial charge in [-0.25, -0.2) is 15.0 Å². The Hall–Kier alpha value is -2.47. The van der Waals surface area contributed by atoms with E-state index in [1.54, 1.807) is 0 Å². The molecule has 0 radical (unpaired) electrons. The third-order valence-corrected chi connectivity index (χ3v) is 3.32. The van der Waals surface area contributed by atoms with Gasteiger partial charge in [-0.2, -0.15) is 0 Å². The van der Waals surface area contributed by atoms with Crippen LogP contribution in [0.3, 0.4) is 0 Å². The van der Waals surface area contributed by atoms with Gasteiger partial charge in [-0.1, -0.05) is 5.92 Å². The molecule has 1 aliphatic rings. The van der Waals surface area contributed by atoms with E-state index < -0.39 is 24.5 Å². The first kappa shape index (κ1) is 13.5. The number of terminal acetylenes is 1. The van der Waals surface area contributed by atoms with Crippen LogP contribution in [0.15, 0.2) is 24.8 Å². The van der Waals surface area contributed by atoms with E-state index in [4.69, 9.17) is 16.9 Å². The van der Waals surface area contributed by atoms with Crippen LogP contribution >= 0.6 is 0 Å². The monoisotopic (exact) mass is 287 g/mol. The van der Waals surface area contributed by atoms with Gasteiger partial charge in [0.2, 0.25) is 0 Å². The number of rotatable bonds is 2. The van der Waals surface area contributed by atoms with Gasteiger partial charge in [0.05, 0.1) is 6.33 Å². The zero-order valence-corrected chi connectivity index (χ0v) is 10.9. The average molecular weight is 287 g/mol. The highest BCUT2D eigenvalue weighted by Gasteiger charge is 2.43. The predicted octanol–water partition coefficient (Wildman–Crippen LogP) is -0.783. The van der Waals surface area contributed by atoms with Gasteiger partial charge < -0.3 is 20.7 Å². The van der Waals surface area contributed by atoms with Gasteiger partial charge in [0, 0.05) is 0 Å². The lowest BCUT2D eigenvalue weighted by atomic mass is 10.1. The molecule has 3 rings (SSSR count). The Bertz CT molecular complexity index is 735. The summed E-state index contributed by atoms with van der Waals surface area (Å²) < 4.78 is 7.12. The lowest BCUT2D eigenvalue weighted by Crippen LogP contribution is -2.30. The van der Waals surface area contributed by atoms with Crippen LogP contribution in [0.1, 0.15) is 6.23 Å². The van der Waals surface area contributed by atoms with E-state index in [9.17, 15) is 10.2 Å². The van der Waals surface area contributed by atoms with Crippen LogP contribution in [0.5, 0.6) is 0 Å². The van der Waals surface area contributed by atoms with Gasteiger partial charge in [0.1, 0.15) is 30.2 Å². The molecular weight excluding hydrogens is 274 g/mol. The second-order valence-corrected chi connectivity index (χ2v) is 4.58. The SMILES string of the molecule is C#C/C=C/[C@H]1OC(n2cnc3c(N)ncnc32)[C@H](O)[C@@H]1O. The zero-order valence-electron chi connectivity index (χ0n) is 10.9. The summed E-state index contributed by atoms with van der Waals surface area (Å²) in [7, 11) is 0. The summed E-state index contributed by atoms with van der Waals surface area (Å²) >= 11 is 0. The number of nitrogen functional groups attached to an aromatic ring is 1. The third kappa shape index (κ3) is 2.13. The van der Waals surface area contributed by atoms with Crippen molar-refractivity contribution in [2.45, 2.75) is 24.5 Å². The molecule has 4 atom stereocenters. The molecule has 8 nitrogen and oxygen atoms in total. The Balaban J connectivity index is 1.98. The van der Waals surface area contributed by atoms with Crippen molar-refractivity contribution < 1.29 is 14.9 Å². The molecule has 4 N–H and O–H groups in total. The van der Waals surface area contributed by atoms with Gasteiger partial charge in [-0.05, 0) is 12.2 Å². The molecule has 8 heteroatoms. The first-order chi connectivity index (χ1) is 10.1. The highest BCUT2D eigenvalue weighted by molar-refractivity contribution is 5.81. The van der Waals surface area contributed by atoms with Crippen molar-refractivity contribution in [3.63, 3.8) is 0 Å². The molecule has 2 aromatic heterocycles. The molecule has 0 saturated carbocycles. The van der Waals surface area contributed by atoms with Crippen molar-refractivity contribution in [2.24, 2.45) is 0 Å². The van der Waals surface area contributed by atoms with E-state index in [-0.39, 0.29) is 5.82 Å². The van der Waals surface area contributed by atoms with Crippen LogP contribution in [-0.2, 0) is 4.74 Å². The summed E-state index contributed by atoms with van der Waals surface area (Å²) in [6.07, 6.45) is 6.98. The maximum absolute atomic E-state index is 10.1. The molecule has 1 saturated heterocycles. The molecule has 0 aliphatic carbocycles. The molecule has 2 aromatic rings. The quantitative estimate of drug-likeness (QED) is 0.620. The standard InChI is InChI=1S/C13H13N5O3/c1-2-3-4-7-9(19)10(20)13(21-7)18-6-17-8-11(14)15-5-16-12(8)18/h1,3-7,9-10,13,19-20H,(H2,14,15,16)/b4-3+/t7-,9-,10-,13?/m1/s1. The number of aliphatic hydroxyl groups is 2. The Morgan fingerprint density at radius 3 is 2.90 bits per heavy atom. The number of fused-ring (bicyclic) bond motifs is 1. The van der Waals surface area contributed by atoms with Crippen LogP contribution in [0.2, 0.25) is 0 Å². The van der Waals surface area contributed by atoms with Crippen molar-refractivity contribution in [3.8, 4) is 12.3 Å². The van der Waals surface area contributed by atoms with Gasteiger partial charge in [0.25, 0.3) is 0 Å². The highest BCUT2D eigenvalue weighted by Crippen LogP contribution is 2.32. The van der Waals surface area contributed by atoms with Crippen molar-refractivity contribution in [1.29, 1.82) is 0 Å². The van der Waals surface area contributed by atoms with Crippen molar-refractivity contribution >= 4 is 17.0 Å². The van der Waals surface area contributed by atoms with Crippen LogP contribution in [-0.4, -0.2) is 48.0 Å². The summed E-state index contributed by atoms with van der Waals surface area (Å²) in [4.78, 5) is 12.0. The number of ether oxygens (including phenoxy) is 1. The number of hydrogen-bond donors (Lipinski definition) is 3. The highest BCUT2D eigenvalue weighted by atomic mass is 16.6. The number of anilines is 1. The first-order valence-electron chi connectivity index (χ1n) is 6.21. The minimum absolute atomic E-state index is 0.232. The second-order valence-electron chi connectivity index (χ2n) is 4.58. The fourth-order valence-electron chi connectivity index (χ4n) is 2.28. The predicted molar refractivity (Wildman–Crippen MR) is 73.6 cm³/mol. The topological polar surface area (TPSA) is 119 Å². The van der Waals surface area contributed by atoms with E-state index in [1.807, 2.05) is 0 Å². The molecule has 0 amide bonds. The van der Waals surface area contributed by atoms with E-state index in [1.165, 1.54) is 29.4 Å². The number of aliphatic hydroxyl groups excluding tert-OH is 2. The van der Waals surface area contributed by atoms with Gasteiger partial charge in [0.15, 0.2) is 17.7 Å². The van der Waals surface area contributed by atoms with Gasteiger partial charge >= 0.3 is 0 Å². The smallest absolute Gasteiger partial charge is 0.167 e. The fourth-order valence-corrected chi connectivity index (χ4v) is 2.28. The summed E-state index contributed by atoms with van der Waals surface area (Å²) in [5.74, 6) is 2.54. The molecule has 0 bridgehead atoms. The third-order valence-electron chi connectivity index (χ3n) is 3.32. The molecule has 1 fully saturated rings.